The zero-order valence-corrected chi connectivity index (χ0v) is 16.2. The zero-order chi connectivity index (χ0) is 19.3. The smallest absolute Gasteiger partial charge is 0.140 e. The highest BCUT2D eigenvalue weighted by Crippen LogP contribution is 2.40. The van der Waals surface area contributed by atoms with Gasteiger partial charge in [-0.1, -0.05) is 18.2 Å². The van der Waals surface area contributed by atoms with Crippen LogP contribution in [0.3, 0.4) is 0 Å². The molecule has 0 amide bonds. The number of rotatable bonds is 2. The molecule has 1 N–H and O–H groups in total. The van der Waals surface area contributed by atoms with Crippen LogP contribution in [-0.4, -0.2) is 46.8 Å². The Balaban J connectivity index is 1.33. The van der Waals surface area contributed by atoms with Crippen molar-refractivity contribution in [3.8, 4) is 0 Å². The molecule has 0 bridgehead atoms. The molecule has 3 aliphatic rings. The standard InChI is InChI=1S/C23H25N3O2/c1-23(28)13-18(27)12-17-14-24-22(21(17)23)16-8-10-26(11-9-16)20-7-6-15-4-2-3-5-19(15)25-20/h2-7,16,28H,8-14H2,1H3. The molecular formula is C23H25N3O2. The molecule has 0 spiro atoms. The molecule has 0 saturated carbocycles. The number of fused-ring (bicyclic) bond motifs is 1. The number of carbonyl (C=O) groups is 1. The van der Waals surface area contributed by atoms with Crippen molar-refractivity contribution in [2.45, 2.75) is 38.2 Å². The van der Waals surface area contributed by atoms with Crippen molar-refractivity contribution in [2.24, 2.45) is 10.9 Å². The molecule has 1 atom stereocenters. The van der Waals surface area contributed by atoms with Gasteiger partial charge < -0.3 is 10.0 Å². The topological polar surface area (TPSA) is 65.8 Å². The molecule has 5 nitrogen and oxygen atoms in total. The lowest BCUT2D eigenvalue weighted by atomic mass is 9.74. The Hall–Kier alpha value is -2.53. The minimum absolute atomic E-state index is 0.123. The van der Waals surface area contributed by atoms with Crippen LogP contribution in [0.4, 0.5) is 5.82 Å². The minimum atomic E-state index is -1.06. The molecule has 2 aromatic rings. The van der Waals surface area contributed by atoms with Crippen molar-refractivity contribution in [1.29, 1.82) is 0 Å². The van der Waals surface area contributed by atoms with Crippen LogP contribution in [0.5, 0.6) is 0 Å². The third-order valence-corrected chi connectivity index (χ3v) is 6.33. The van der Waals surface area contributed by atoms with Crippen LogP contribution < -0.4 is 4.90 Å². The van der Waals surface area contributed by atoms with Crippen LogP contribution >= 0.6 is 0 Å². The molecule has 5 heteroatoms. The van der Waals surface area contributed by atoms with Gasteiger partial charge in [0, 0.05) is 48.5 Å². The lowest BCUT2D eigenvalue weighted by Crippen LogP contribution is -2.42. The summed E-state index contributed by atoms with van der Waals surface area (Å²) in [5.41, 5.74) is 3.03. The monoisotopic (exact) mass is 375 g/mol. The molecule has 1 aliphatic carbocycles. The predicted octanol–water partition coefficient (Wildman–Crippen LogP) is 3.32. The average molecular weight is 375 g/mol. The Morgan fingerprint density at radius 3 is 2.75 bits per heavy atom. The summed E-state index contributed by atoms with van der Waals surface area (Å²) in [6.45, 7) is 4.21. The maximum absolute atomic E-state index is 11.9. The second-order valence-corrected chi connectivity index (χ2v) is 8.47. The van der Waals surface area contributed by atoms with Crippen LogP contribution in [-0.2, 0) is 4.79 Å². The third kappa shape index (κ3) is 2.94. The number of carbonyl (C=O) groups excluding carboxylic acids is 1. The van der Waals surface area contributed by atoms with Gasteiger partial charge in [0.25, 0.3) is 0 Å². The summed E-state index contributed by atoms with van der Waals surface area (Å²) in [5.74, 6) is 1.50. The summed E-state index contributed by atoms with van der Waals surface area (Å²) in [7, 11) is 0. The zero-order valence-electron chi connectivity index (χ0n) is 16.2. The van der Waals surface area contributed by atoms with E-state index in [9.17, 15) is 9.90 Å². The van der Waals surface area contributed by atoms with E-state index < -0.39 is 5.60 Å². The number of ketones is 1. The molecule has 0 radical (unpaired) electrons. The van der Waals surface area contributed by atoms with E-state index in [1.807, 2.05) is 12.1 Å². The van der Waals surface area contributed by atoms with Crippen molar-refractivity contribution in [2.75, 3.05) is 24.5 Å². The summed E-state index contributed by atoms with van der Waals surface area (Å²) in [6.07, 6.45) is 2.66. The van der Waals surface area contributed by atoms with Gasteiger partial charge in [0.05, 0.1) is 17.7 Å². The Kier molecular flexibility index (Phi) is 4.09. The predicted molar refractivity (Wildman–Crippen MR) is 111 cm³/mol. The first-order valence-electron chi connectivity index (χ1n) is 10.1. The van der Waals surface area contributed by atoms with Crippen molar-refractivity contribution in [3.63, 3.8) is 0 Å². The van der Waals surface area contributed by atoms with Gasteiger partial charge in [-0.05, 0) is 43.5 Å². The number of hydrogen-bond donors (Lipinski definition) is 1. The third-order valence-electron chi connectivity index (χ3n) is 6.33. The number of para-hydroxylation sites is 1. The van der Waals surface area contributed by atoms with E-state index in [1.165, 1.54) is 0 Å². The highest BCUT2D eigenvalue weighted by Gasteiger charge is 2.43. The van der Waals surface area contributed by atoms with E-state index in [0.29, 0.717) is 18.9 Å². The number of Topliss-reactive ketones (excluding diaryl/α,β-unsaturated/α-hetero) is 1. The second kappa shape index (κ2) is 6.52. The van der Waals surface area contributed by atoms with Gasteiger partial charge in [0.15, 0.2) is 0 Å². The van der Waals surface area contributed by atoms with Crippen molar-refractivity contribution < 1.29 is 9.90 Å². The molecular weight excluding hydrogens is 350 g/mol. The largest absolute Gasteiger partial charge is 0.385 e. The van der Waals surface area contributed by atoms with Gasteiger partial charge in [-0.3, -0.25) is 9.79 Å². The van der Waals surface area contributed by atoms with Crippen molar-refractivity contribution >= 4 is 28.2 Å². The number of aliphatic imine (C=N–C) groups is 1. The number of anilines is 1. The Bertz CT molecular complexity index is 1010. The fraction of sp³-hybridized carbons (Fsp3) is 0.435. The van der Waals surface area contributed by atoms with Gasteiger partial charge >= 0.3 is 0 Å². The summed E-state index contributed by atoms with van der Waals surface area (Å²) in [4.78, 5) is 23.9. The van der Waals surface area contributed by atoms with E-state index in [0.717, 1.165) is 59.5 Å². The molecule has 3 heterocycles. The number of benzene rings is 1. The summed E-state index contributed by atoms with van der Waals surface area (Å²) in [5, 5.41) is 12.0. The first kappa shape index (κ1) is 17.6. The Labute approximate surface area is 164 Å². The number of piperidine rings is 1. The van der Waals surface area contributed by atoms with Crippen molar-refractivity contribution in [1.82, 2.24) is 4.98 Å². The molecule has 1 aromatic heterocycles. The van der Waals surface area contributed by atoms with E-state index in [-0.39, 0.29) is 12.2 Å². The molecule has 28 heavy (non-hydrogen) atoms. The minimum Gasteiger partial charge on any atom is -0.385 e. The molecule has 1 aromatic carbocycles. The fourth-order valence-corrected chi connectivity index (χ4v) is 5.04. The molecule has 2 aliphatic heterocycles. The molecule has 1 unspecified atom stereocenters. The Morgan fingerprint density at radius 1 is 1.14 bits per heavy atom. The van der Waals surface area contributed by atoms with Gasteiger partial charge in [0.1, 0.15) is 11.6 Å². The lowest BCUT2D eigenvalue weighted by Gasteiger charge is -2.37. The van der Waals surface area contributed by atoms with Crippen LogP contribution in [0.1, 0.15) is 32.6 Å². The first-order valence-corrected chi connectivity index (χ1v) is 10.1. The van der Waals surface area contributed by atoms with E-state index in [4.69, 9.17) is 9.98 Å². The molecule has 1 fully saturated rings. The summed E-state index contributed by atoms with van der Waals surface area (Å²) >= 11 is 0. The average Bonchev–Trinajstić information content (AvgIpc) is 3.12. The lowest BCUT2D eigenvalue weighted by molar-refractivity contribution is -0.122. The van der Waals surface area contributed by atoms with E-state index in [2.05, 4.69) is 29.2 Å². The number of aliphatic hydroxyl groups is 1. The second-order valence-electron chi connectivity index (χ2n) is 8.47. The number of aromatic nitrogens is 1. The molecule has 5 rings (SSSR count). The van der Waals surface area contributed by atoms with Gasteiger partial charge in [-0.15, -0.1) is 0 Å². The molecule has 144 valence electrons. The van der Waals surface area contributed by atoms with Crippen LogP contribution in [0.15, 0.2) is 52.5 Å². The van der Waals surface area contributed by atoms with Gasteiger partial charge in [0.2, 0.25) is 0 Å². The van der Waals surface area contributed by atoms with E-state index in [1.54, 1.807) is 6.92 Å². The van der Waals surface area contributed by atoms with E-state index >= 15 is 0 Å². The van der Waals surface area contributed by atoms with Crippen LogP contribution in [0.25, 0.3) is 10.9 Å². The Morgan fingerprint density at radius 2 is 1.93 bits per heavy atom. The maximum atomic E-state index is 11.9. The summed E-state index contributed by atoms with van der Waals surface area (Å²) in [6, 6.07) is 12.4. The van der Waals surface area contributed by atoms with Crippen molar-refractivity contribution in [3.05, 3.63) is 47.5 Å². The van der Waals surface area contributed by atoms with Gasteiger partial charge in [-0.2, -0.15) is 0 Å². The highest BCUT2D eigenvalue weighted by molar-refractivity contribution is 6.08. The molecule has 1 saturated heterocycles. The maximum Gasteiger partial charge on any atom is 0.140 e. The normalized spacial score (nSPS) is 26.0. The van der Waals surface area contributed by atoms with Crippen LogP contribution in [0, 0.1) is 5.92 Å². The number of nitrogens with zero attached hydrogens (tertiary/aromatic N) is 3. The first-order chi connectivity index (χ1) is 13.5. The highest BCUT2D eigenvalue weighted by atomic mass is 16.3. The number of hydrogen-bond acceptors (Lipinski definition) is 5. The van der Waals surface area contributed by atoms with Gasteiger partial charge in [-0.25, -0.2) is 4.98 Å². The quantitative estimate of drug-likeness (QED) is 0.875. The fourth-order valence-electron chi connectivity index (χ4n) is 5.04. The SMILES string of the molecule is CC1(O)CC(=O)CC2=C1C(C1CCN(c3ccc4ccccc4n3)CC1)=NC2. The van der Waals surface area contributed by atoms with Crippen LogP contribution in [0.2, 0.25) is 0 Å². The summed E-state index contributed by atoms with van der Waals surface area (Å²) < 4.78 is 0. The number of pyridine rings is 1.